The van der Waals surface area contributed by atoms with Crippen LogP contribution in [-0.4, -0.2) is 41.5 Å². The molecule has 2 heterocycles. The van der Waals surface area contributed by atoms with Gasteiger partial charge in [-0.1, -0.05) is 6.07 Å². The zero-order valence-electron chi connectivity index (χ0n) is 13.5. The summed E-state index contributed by atoms with van der Waals surface area (Å²) in [4.78, 5) is 12.1. The monoisotopic (exact) mass is 351 g/mol. The Morgan fingerprint density at radius 2 is 2.16 bits per heavy atom. The summed E-state index contributed by atoms with van der Waals surface area (Å²) in [6.45, 7) is 0.729. The average molecular weight is 351 g/mol. The molecule has 1 amide bonds. The van der Waals surface area contributed by atoms with Gasteiger partial charge in [-0.2, -0.15) is 5.10 Å². The van der Waals surface area contributed by atoms with Gasteiger partial charge in [-0.3, -0.25) is 9.89 Å². The number of carbonyl (C=O) groups excluding carboxylic acids is 1. The second kappa shape index (κ2) is 8.06. The number of ether oxygens (including phenoxy) is 2. The SMILES string of the molecule is O=C(CCCc1c(F)cccc1F)N[C@H]1COC[C@H]1Oc1cn[nH]c1. The van der Waals surface area contributed by atoms with Crippen LogP contribution >= 0.6 is 0 Å². The molecule has 0 bridgehead atoms. The van der Waals surface area contributed by atoms with Gasteiger partial charge in [0.25, 0.3) is 0 Å². The maximum absolute atomic E-state index is 13.6. The average Bonchev–Trinajstić information content (AvgIpc) is 3.23. The van der Waals surface area contributed by atoms with Crippen LogP contribution in [0.5, 0.6) is 5.75 Å². The Morgan fingerprint density at radius 3 is 2.88 bits per heavy atom. The standard InChI is InChI=1S/C17H19F2N3O3/c18-13-4-2-5-14(19)12(13)3-1-6-17(23)22-15-9-24-10-16(15)25-11-7-20-21-8-11/h2,4-5,7-8,15-16H,1,3,6,9-10H2,(H,20,21)(H,22,23)/t15-,16+/m0/s1. The van der Waals surface area contributed by atoms with Gasteiger partial charge in [0.2, 0.25) is 5.91 Å². The van der Waals surface area contributed by atoms with Crippen molar-refractivity contribution >= 4 is 5.91 Å². The molecule has 1 aromatic carbocycles. The number of rotatable bonds is 7. The number of H-pyrrole nitrogens is 1. The molecule has 0 saturated carbocycles. The van der Waals surface area contributed by atoms with E-state index in [0.717, 1.165) is 0 Å². The third-order valence-corrected chi connectivity index (χ3v) is 4.03. The third kappa shape index (κ3) is 4.54. The molecule has 1 saturated heterocycles. The van der Waals surface area contributed by atoms with Crippen LogP contribution in [-0.2, 0) is 16.0 Å². The highest BCUT2D eigenvalue weighted by Crippen LogP contribution is 2.17. The van der Waals surface area contributed by atoms with Crippen molar-refractivity contribution in [1.82, 2.24) is 15.5 Å². The van der Waals surface area contributed by atoms with E-state index in [-0.39, 0.29) is 36.5 Å². The van der Waals surface area contributed by atoms with Gasteiger partial charge >= 0.3 is 0 Å². The summed E-state index contributed by atoms with van der Waals surface area (Å²) in [6, 6.07) is 3.48. The van der Waals surface area contributed by atoms with E-state index in [1.807, 2.05) is 0 Å². The zero-order chi connectivity index (χ0) is 17.6. The number of aromatic amines is 1. The number of benzene rings is 1. The van der Waals surface area contributed by atoms with Gasteiger partial charge in [-0.15, -0.1) is 0 Å². The molecule has 0 spiro atoms. The summed E-state index contributed by atoms with van der Waals surface area (Å²) in [5, 5.41) is 9.29. The van der Waals surface area contributed by atoms with Crippen LogP contribution < -0.4 is 10.1 Å². The minimum Gasteiger partial charge on any atom is -0.482 e. The summed E-state index contributed by atoms with van der Waals surface area (Å²) in [5.74, 6) is -0.797. The number of hydrogen-bond donors (Lipinski definition) is 2. The van der Waals surface area contributed by atoms with Crippen molar-refractivity contribution in [3.8, 4) is 5.75 Å². The highest BCUT2D eigenvalue weighted by molar-refractivity contribution is 5.76. The van der Waals surface area contributed by atoms with E-state index in [1.54, 1.807) is 12.4 Å². The molecule has 1 aliphatic heterocycles. The van der Waals surface area contributed by atoms with Crippen molar-refractivity contribution in [1.29, 1.82) is 0 Å². The van der Waals surface area contributed by atoms with E-state index in [9.17, 15) is 13.6 Å². The van der Waals surface area contributed by atoms with Crippen LogP contribution in [0.2, 0.25) is 0 Å². The van der Waals surface area contributed by atoms with Crippen LogP contribution in [0.4, 0.5) is 8.78 Å². The molecule has 3 rings (SSSR count). The molecular formula is C17H19F2N3O3. The fourth-order valence-corrected chi connectivity index (χ4v) is 2.74. The van der Waals surface area contributed by atoms with E-state index in [0.29, 0.717) is 25.4 Å². The van der Waals surface area contributed by atoms with Gasteiger partial charge in [0.1, 0.15) is 17.7 Å². The maximum Gasteiger partial charge on any atom is 0.220 e. The summed E-state index contributed by atoms with van der Waals surface area (Å²) in [7, 11) is 0. The van der Waals surface area contributed by atoms with E-state index in [1.165, 1.54) is 18.2 Å². The molecule has 0 radical (unpaired) electrons. The lowest BCUT2D eigenvalue weighted by Crippen LogP contribution is -2.45. The lowest BCUT2D eigenvalue weighted by molar-refractivity contribution is -0.122. The first-order chi connectivity index (χ1) is 12.1. The van der Waals surface area contributed by atoms with E-state index < -0.39 is 11.6 Å². The molecule has 2 N–H and O–H groups in total. The molecular weight excluding hydrogens is 332 g/mol. The summed E-state index contributed by atoms with van der Waals surface area (Å²) in [6.07, 6.45) is 3.54. The van der Waals surface area contributed by atoms with Gasteiger partial charge in [0.05, 0.1) is 31.6 Å². The lowest BCUT2D eigenvalue weighted by atomic mass is 10.1. The number of nitrogens with one attached hydrogen (secondary N) is 2. The molecule has 2 atom stereocenters. The van der Waals surface area contributed by atoms with Crippen molar-refractivity contribution < 1.29 is 23.0 Å². The van der Waals surface area contributed by atoms with Crippen LogP contribution in [0.15, 0.2) is 30.6 Å². The fourth-order valence-electron chi connectivity index (χ4n) is 2.74. The Bertz CT molecular complexity index is 689. The molecule has 0 aliphatic carbocycles. The smallest absolute Gasteiger partial charge is 0.220 e. The van der Waals surface area contributed by atoms with Crippen LogP contribution in [0, 0.1) is 11.6 Å². The van der Waals surface area contributed by atoms with Crippen molar-refractivity contribution in [2.75, 3.05) is 13.2 Å². The first kappa shape index (κ1) is 17.3. The second-order valence-electron chi connectivity index (χ2n) is 5.86. The number of aromatic nitrogens is 2. The minimum atomic E-state index is -0.585. The lowest BCUT2D eigenvalue weighted by Gasteiger charge is -2.19. The predicted octanol–water partition coefficient (Wildman–Crippen LogP) is 1.97. The van der Waals surface area contributed by atoms with Crippen LogP contribution in [0.25, 0.3) is 0 Å². The molecule has 8 heteroatoms. The number of carbonyl (C=O) groups is 1. The number of halogens is 2. The summed E-state index contributed by atoms with van der Waals surface area (Å²) in [5.41, 5.74) is 0.0145. The second-order valence-corrected chi connectivity index (χ2v) is 5.86. The molecule has 2 aromatic rings. The van der Waals surface area contributed by atoms with Gasteiger partial charge in [0.15, 0.2) is 5.75 Å². The van der Waals surface area contributed by atoms with Gasteiger partial charge in [0, 0.05) is 12.0 Å². The summed E-state index contributed by atoms with van der Waals surface area (Å²) >= 11 is 0. The molecule has 1 aromatic heterocycles. The first-order valence-corrected chi connectivity index (χ1v) is 8.09. The Morgan fingerprint density at radius 1 is 1.36 bits per heavy atom. The maximum atomic E-state index is 13.6. The number of hydrogen-bond acceptors (Lipinski definition) is 4. The normalized spacial score (nSPS) is 19.8. The first-order valence-electron chi connectivity index (χ1n) is 8.09. The van der Waals surface area contributed by atoms with Gasteiger partial charge in [-0.25, -0.2) is 8.78 Å². The topological polar surface area (TPSA) is 76.2 Å². The number of amides is 1. The van der Waals surface area contributed by atoms with Crippen molar-refractivity contribution in [2.45, 2.75) is 31.4 Å². The highest BCUT2D eigenvalue weighted by atomic mass is 19.1. The summed E-state index contributed by atoms with van der Waals surface area (Å²) < 4.78 is 38.2. The highest BCUT2D eigenvalue weighted by Gasteiger charge is 2.31. The van der Waals surface area contributed by atoms with E-state index in [2.05, 4.69) is 15.5 Å². The molecule has 6 nitrogen and oxygen atoms in total. The minimum absolute atomic E-state index is 0.0145. The zero-order valence-corrected chi connectivity index (χ0v) is 13.5. The largest absolute Gasteiger partial charge is 0.482 e. The van der Waals surface area contributed by atoms with Crippen LogP contribution in [0.3, 0.4) is 0 Å². The quantitative estimate of drug-likeness (QED) is 0.800. The van der Waals surface area contributed by atoms with E-state index >= 15 is 0 Å². The fraction of sp³-hybridized carbons (Fsp3) is 0.412. The molecule has 1 fully saturated rings. The third-order valence-electron chi connectivity index (χ3n) is 4.03. The Kier molecular flexibility index (Phi) is 5.60. The van der Waals surface area contributed by atoms with Gasteiger partial charge < -0.3 is 14.8 Å². The van der Waals surface area contributed by atoms with Crippen molar-refractivity contribution in [3.05, 3.63) is 47.8 Å². The molecule has 1 aliphatic rings. The Labute approximate surface area is 143 Å². The molecule has 0 unspecified atom stereocenters. The predicted molar refractivity (Wildman–Crippen MR) is 85.0 cm³/mol. The number of nitrogens with zero attached hydrogens (tertiary/aromatic N) is 1. The Balaban J connectivity index is 1.45. The van der Waals surface area contributed by atoms with Crippen LogP contribution in [0.1, 0.15) is 18.4 Å². The molecule has 25 heavy (non-hydrogen) atoms. The van der Waals surface area contributed by atoms with Crippen molar-refractivity contribution in [2.24, 2.45) is 0 Å². The van der Waals surface area contributed by atoms with Gasteiger partial charge in [-0.05, 0) is 25.0 Å². The van der Waals surface area contributed by atoms with Crippen molar-refractivity contribution in [3.63, 3.8) is 0 Å². The van der Waals surface area contributed by atoms with E-state index in [4.69, 9.17) is 9.47 Å². The molecule has 134 valence electrons. The Hall–Kier alpha value is -2.48.